The summed E-state index contributed by atoms with van der Waals surface area (Å²) in [7, 11) is 3.81. The molecule has 2 aliphatic rings. The van der Waals surface area contributed by atoms with Gasteiger partial charge in [0, 0.05) is 49.4 Å². The molecule has 2 aromatic carbocycles. The Labute approximate surface area is 205 Å². The number of hydrogen-bond acceptors (Lipinski definition) is 8. The second kappa shape index (κ2) is 10.3. The minimum atomic E-state index is -0.240. The van der Waals surface area contributed by atoms with Gasteiger partial charge < -0.3 is 19.5 Å². The van der Waals surface area contributed by atoms with E-state index in [1.54, 1.807) is 26.2 Å². The maximum Gasteiger partial charge on any atom is 0.162 e. The van der Waals surface area contributed by atoms with E-state index in [4.69, 9.17) is 14.2 Å². The first-order valence-electron chi connectivity index (χ1n) is 12.0. The van der Waals surface area contributed by atoms with E-state index in [1.807, 2.05) is 12.1 Å². The minimum absolute atomic E-state index is 0.240. The Bertz CT molecular complexity index is 1190. The lowest BCUT2D eigenvalue weighted by molar-refractivity contribution is -0.0369. The number of likely N-dealkylation sites (tertiary alicyclic amines) is 1. The van der Waals surface area contributed by atoms with Crippen LogP contribution in [0.4, 0.5) is 15.9 Å². The molecule has 1 N–H and O–H groups in total. The molecule has 5 rings (SSSR count). The standard InChI is InChI=1S/C26H32FN5O3/c1-17-11-18(5-6-20(17)27)30-26-19-12-24(23(33-3)13-21(19)28-16-29-26)34-9-4-7-32-14-22-25(15-32)35-10-8-31(22)2/h5-6,11-13,16,22,25H,4,7-10,14-15H2,1-3H3,(H,28,29,30)/t22-,25+/m0/s1. The predicted octanol–water partition coefficient (Wildman–Crippen LogP) is 3.61. The Morgan fingerprint density at radius 2 is 2.06 bits per heavy atom. The van der Waals surface area contributed by atoms with Gasteiger partial charge in [0.2, 0.25) is 0 Å². The van der Waals surface area contributed by atoms with Crippen LogP contribution in [0.5, 0.6) is 11.5 Å². The quantitative estimate of drug-likeness (QED) is 0.490. The third-order valence-electron chi connectivity index (χ3n) is 6.87. The van der Waals surface area contributed by atoms with Gasteiger partial charge in [-0.05, 0) is 50.2 Å². The Balaban J connectivity index is 1.26. The Morgan fingerprint density at radius 3 is 2.86 bits per heavy atom. The molecule has 8 nitrogen and oxygen atoms in total. The van der Waals surface area contributed by atoms with Gasteiger partial charge in [0.25, 0.3) is 0 Å². The normalized spacial score (nSPS) is 20.7. The molecular formula is C26H32FN5O3. The monoisotopic (exact) mass is 481 g/mol. The van der Waals surface area contributed by atoms with Crippen molar-refractivity contribution in [3.8, 4) is 11.5 Å². The molecule has 0 unspecified atom stereocenters. The zero-order valence-electron chi connectivity index (χ0n) is 20.5. The van der Waals surface area contributed by atoms with Crippen LogP contribution < -0.4 is 14.8 Å². The summed E-state index contributed by atoms with van der Waals surface area (Å²) in [5, 5.41) is 4.08. The van der Waals surface area contributed by atoms with E-state index < -0.39 is 0 Å². The van der Waals surface area contributed by atoms with Gasteiger partial charge in [0.1, 0.15) is 18.0 Å². The van der Waals surface area contributed by atoms with E-state index in [0.717, 1.165) is 55.8 Å². The average molecular weight is 482 g/mol. The molecule has 3 aromatic rings. The van der Waals surface area contributed by atoms with Crippen molar-refractivity contribution in [1.82, 2.24) is 19.8 Å². The molecule has 0 spiro atoms. The summed E-state index contributed by atoms with van der Waals surface area (Å²) >= 11 is 0. The Morgan fingerprint density at radius 1 is 1.17 bits per heavy atom. The second-order valence-corrected chi connectivity index (χ2v) is 9.25. The number of hydrogen-bond donors (Lipinski definition) is 1. The van der Waals surface area contributed by atoms with Gasteiger partial charge in [-0.1, -0.05) is 0 Å². The summed E-state index contributed by atoms with van der Waals surface area (Å²) in [5.74, 6) is 1.65. The number of morpholine rings is 1. The van der Waals surface area contributed by atoms with E-state index in [-0.39, 0.29) is 5.82 Å². The van der Waals surface area contributed by atoms with Crippen molar-refractivity contribution in [2.24, 2.45) is 0 Å². The van der Waals surface area contributed by atoms with Crippen molar-refractivity contribution >= 4 is 22.4 Å². The van der Waals surface area contributed by atoms with Crippen LogP contribution in [0.3, 0.4) is 0 Å². The zero-order valence-corrected chi connectivity index (χ0v) is 20.5. The van der Waals surface area contributed by atoms with Gasteiger partial charge in [-0.2, -0.15) is 0 Å². The zero-order chi connectivity index (χ0) is 24.4. The number of halogens is 1. The molecular weight excluding hydrogens is 449 g/mol. The van der Waals surface area contributed by atoms with E-state index >= 15 is 0 Å². The Hall–Kier alpha value is -3.01. The molecule has 0 radical (unpaired) electrons. The van der Waals surface area contributed by atoms with Gasteiger partial charge in [-0.15, -0.1) is 0 Å². The van der Waals surface area contributed by atoms with Crippen LogP contribution in [0.2, 0.25) is 0 Å². The highest BCUT2D eigenvalue weighted by Gasteiger charge is 2.38. The molecule has 2 fully saturated rings. The van der Waals surface area contributed by atoms with Gasteiger partial charge >= 0.3 is 0 Å². The van der Waals surface area contributed by atoms with Crippen molar-refractivity contribution in [1.29, 1.82) is 0 Å². The van der Waals surface area contributed by atoms with Gasteiger partial charge in [-0.25, -0.2) is 14.4 Å². The molecule has 9 heteroatoms. The summed E-state index contributed by atoms with van der Waals surface area (Å²) in [6.07, 6.45) is 2.71. The number of nitrogens with one attached hydrogen (secondary N) is 1. The first-order chi connectivity index (χ1) is 17.0. The van der Waals surface area contributed by atoms with E-state index in [2.05, 4.69) is 32.1 Å². The van der Waals surface area contributed by atoms with Crippen LogP contribution in [0.25, 0.3) is 10.9 Å². The molecule has 2 saturated heterocycles. The summed E-state index contributed by atoms with van der Waals surface area (Å²) in [6, 6.07) is 9.13. The van der Waals surface area contributed by atoms with Crippen molar-refractivity contribution < 1.29 is 18.6 Å². The number of rotatable bonds is 8. The molecule has 0 saturated carbocycles. The number of nitrogens with zero attached hydrogens (tertiary/aromatic N) is 4. The third-order valence-corrected chi connectivity index (χ3v) is 6.87. The number of fused-ring (bicyclic) bond motifs is 2. The highest BCUT2D eigenvalue weighted by atomic mass is 19.1. The molecule has 2 aliphatic heterocycles. The molecule has 35 heavy (non-hydrogen) atoms. The average Bonchev–Trinajstić information content (AvgIpc) is 3.28. The Kier molecular flexibility index (Phi) is 6.99. The molecule has 3 heterocycles. The number of benzene rings is 2. The first kappa shape index (κ1) is 23.7. The number of ether oxygens (including phenoxy) is 3. The van der Waals surface area contributed by atoms with Crippen molar-refractivity contribution in [2.45, 2.75) is 25.5 Å². The maximum absolute atomic E-state index is 13.7. The fourth-order valence-electron chi connectivity index (χ4n) is 4.88. The van der Waals surface area contributed by atoms with Gasteiger partial charge in [0.05, 0.1) is 31.9 Å². The van der Waals surface area contributed by atoms with Crippen LogP contribution in [0, 0.1) is 12.7 Å². The van der Waals surface area contributed by atoms with Crippen LogP contribution in [0.1, 0.15) is 12.0 Å². The highest BCUT2D eigenvalue weighted by molar-refractivity contribution is 5.93. The minimum Gasteiger partial charge on any atom is -0.493 e. The number of anilines is 2. The van der Waals surface area contributed by atoms with Gasteiger partial charge in [0.15, 0.2) is 11.5 Å². The van der Waals surface area contributed by atoms with E-state index in [9.17, 15) is 4.39 Å². The second-order valence-electron chi connectivity index (χ2n) is 9.25. The topological polar surface area (TPSA) is 72.0 Å². The molecule has 2 atom stereocenters. The third kappa shape index (κ3) is 5.17. The number of methoxy groups -OCH3 is 1. The maximum atomic E-state index is 13.7. The van der Waals surface area contributed by atoms with Crippen molar-refractivity contribution in [2.75, 3.05) is 58.9 Å². The van der Waals surface area contributed by atoms with Crippen LogP contribution in [-0.4, -0.2) is 85.5 Å². The molecule has 0 bridgehead atoms. The fraction of sp³-hybridized carbons (Fsp3) is 0.462. The number of aryl methyl sites for hydroxylation is 1. The first-order valence-corrected chi connectivity index (χ1v) is 12.0. The summed E-state index contributed by atoms with van der Waals surface area (Å²) < 4.78 is 31.3. The van der Waals surface area contributed by atoms with Crippen molar-refractivity contribution in [3.63, 3.8) is 0 Å². The number of likely N-dealkylation sites (N-methyl/N-ethyl adjacent to an activating group) is 1. The smallest absolute Gasteiger partial charge is 0.162 e. The SMILES string of the molecule is COc1cc2ncnc(Nc3ccc(F)c(C)c3)c2cc1OCCCN1C[C@H]2OCCN(C)[C@H]2C1. The van der Waals surface area contributed by atoms with Crippen LogP contribution in [0.15, 0.2) is 36.7 Å². The lowest BCUT2D eigenvalue weighted by Crippen LogP contribution is -2.48. The molecule has 186 valence electrons. The van der Waals surface area contributed by atoms with Crippen molar-refractivity contribution in [3.05, 3.63) is 48.0 Å². The molecule has 0 aliphatic carbocycles. The van der Waals surface area contributed by atoms with Crippen LogP contribution in [-0.2, 0) is 4.74 Å². The van der Waals surface area contributed by atoms with E-state index in [0.29, 0.717) is 41.6 Å². The molecule has 0 amide bonds. The lowest BCUT2D eigenvalue weighted by Gasteiger charge is -2.33. The van der Waals surface area contributed by atoms with E-state index in [1.165, 1.54) is 12.4 Å². The highest BCUT2D eigenvalue weighted by Crippen LogP contribution is 2.35. The largest absolute Gasteiger partial charge is 0.493 e. The predicted molar refractivity (Wildman–Crippen MR) is 133 cm³/mol. The summed E-state index contributed by atoms with van der Waals surface area (Å²) in [4.78, 5) is 13.7. The lowest BCUT2D eigenvalue weighted by atomic mass is 10.1. The summed E-state index contributed by atoms with van der Waals surface area (Å²) in [5.41, 5.74) is 2.05. The van der Waals surface area contributed by atoms with Crippen LogP contribution >= 0.6 is 0 Å². The molecule has 1 aromatic heterocycles. The number of aromatic nitrogens is 2. The summed E-state index contributed by atoms with van der Waals surface area (Å²) in [6.45, 7) is 7.09. The fourth-order valence-corrected chi connectivity index (χ4v) is 4.88. The van der Waals surface area contributed by atoms with Gasteiger partial charge in [-0.3, -0.25) is 9.80 Å².